The van der Waals surface area contributed by atoms with Crippen molar-refractivity contribution < 1.29 is 48.4 Å². The predicted molar refractivity (Wildman–Crippen MR) is 126 cm³/mol. The number of aliphatic hydroxyl groups is 1. The number of carboxylic acid groups (broad SMARTS) is 1. The first-order valence-corrected chi connectivity index (χ1v) is 12.0. The number of aliphatic hydroxyl groups excluding tert-OH is 1. The molecule has 2 aliphatic heterocycles. The van der Waals surface area contributed by atoms with Crippen LogP contribution in [0.2, 0.25) is 0 Å². The molecule has 1 saturated heterocycles. The summed E-state index contributed by atoms with van der Waals surface area (Å²) in [6, 6.07) is 5.31. The Bertz CT molecular complexity index is 1020. The van der Waals surface area contributed by atoms with Gasteiger partial charge in [0.2, 0.25) is 12.2 Å². The normalized spacial score (nSPS) is 21.1. The number of amides is 3. The first kappa shape index (κ1) is 27.8. The second-order valence-corrected chi connectivity index (χ2v) is 8.70. The molecule has 1 aromatic rings. The average Bonchev–Trinajstić information content (AvgIpc) is 3.18. The molecule has 0 bridgehead atoms. The Balaban J connectivity index is 1.45. The van der Waals surface area contributed by atoms with Crippen molar-refractivity contribution in [3.63, 3.8) is 0 Å². The van der Waals surface area contributed by atoms with Crippen LogP contribution in [0.1, 0.15) is 43.2 Å². The molecule has 2 heterocycles. The maximum absolute atomic E-state index is 12.0. The zero-order valence-electron chi connectivity index (χ0n) is 20.2. The fourth-order valence-corrected chi connectivity index (χ4v) is 4.01. The Morgan fingerprint density at radius 2 is 1.92 bits per heavy atom. The van der Waals surface area contributed by atoms with Gasteiger partial charge < -0.3 is 29.7 Å². The van der Waals surface area contributed by atoms with Crippen LogP contribution in [-0.2, 0) is 46.5 Å². The van der Waals surface area contributed by atoms with Gasteiger partial charge >= 0.3 is 5.97 Å². The molecule has 3 rings (SSSR count). The Morgan fingerprint density at radius 3 is 2.62 bits per heavy atom. The first-order chi connectivity index (χ1) is 17.8. The van der Waals surface area contributed by atoms with Crippen molar-refractivity contribution in [1.29, 1.82) is 0 Å². The van der Waals surface area contributed by atoms with Crippen molar-refractivity contribution in [2.45, 2.75) is 63.6 Å². The fourth-order valence-electron chi connectivity index (χ4n) is 4.01. The third kappa shape index (κ3) is 8.40. The van der Waals surface area contributed by atoms with Crippen LogP contribution >= 0.6 is 0 Å². The fraction of sp³-hybridized carbons (Fsp3) is 0.480. The molecule has 3 atom stereocenters. The third-order valence-electron chi connectivity index (χ3n) is 5.91. The monoisotopic (exact) mass is 518 g/mol. The highest BCUT2D eigenvalue weighted by molar-refractivity contribution is 6.13. The highest BCUT2D eigenvalue weighted by atomic mass is 16.7. The Morgan fingerprint density at radius 1 is 1.16 bits per heavy atom. The molecule has 0 spiro atoms. The van der Waals surface area contributed by atoms with Crippen molar-refractivity contribution in [3.8, 4) is 5.75 Å². The summed E-state index contributed by atoms with van der Waals surface area (Å²) in [5, 5.41) is 21.9. The molecule has 2 aliphatic rings. The minimum atomic E-state index is -1.18. The molecule has 0 aromatic heterocycles. The second kappa shape index (κ2) is 13.5. The number of hydrogen-bond acceptors (Lipinski definition) is 9. The summed E-state index contributed by atoms with van der Waals surface area (Å²) in [5.74, 6) is -1.91. The number of aliphatic carboxylic acids is 1. The maximum Gasteiger partial charge on any atom is 0.333 e. The lowest BCUT2D eigenvalue weighted by Crippen LogP contribution is -2.42. The summed E-state index contributed by atoms with van der Waals surface area (Å²) in [4.78, 5) is 58.0. The molecule has 3 amide bonds. The number of carboxylic acids is 1. The standard InChI is InChI=1S/C25H30N2O10/c28-15-35-14-17-11-16(4-5-19(17)36-24-13-18(29)12-20(37-24)25(33)34)3-1-2-9-26-21(30)8-10-27-22(31)6-7-23(27)32/h4-7,11,15,18,20,24,29H,1-3,8-10,12-14H2,(H,26,30)(H,33,34). The lowest BCUT2D eigenvalue weighted by Gasteiger charge is -2.31. The number of nitrogens with one attached hydrogen (secondary N) is 1. The minimum Gasteiger partial charge on any atom is -0.479 e. The smallest absolute Gasteiger partial charge is 0.333 e. The van der Waals surface area contributed by atoms with E-state index in [1.165, 1.54) is 12.2 Å². The Kier molecular flexibility index (Phi) is 10.2. The summed E-state index contributed by atoms with van der Waals surface area (Å²) in [5.41, 5.74) is 1.50. The highest BCUT2D eigenvalue weighted by Crippen LogP contribution is 2.28. The molecule has 12 nitrogen and oxygen atoms in total. The second-order valence-electron chi connectivity index (χ2n) is 8.70. The number of carbonyl (C=O) groups excluding carboxylic acids is 4. The van der Waals surface area contributed by atoms with Gasteiger partial charge in [0.15, 0.2) is 6.10 Å². The van der Waals surface area contributed by atoms with Crippen LogP contribution in [0.5, 0.6) is 5.75 Å². The number of aryl methyl sites for hydroxylation is 1. The van der Waals surface area contributed by atoms with Gasteiger partial charge in [0.1, 0.15) is 12.4 Å². The van der Waals surface area contributed by atoms with E-state index < -0.39 is 36.3 Å². The van der Waals surface area contributed by atoms with Gasteiger partial charge in [-0.1, -0.05) is 6.07 Å². The van der Waals surface area contributed by atoms with Gasteiger partial charge in [0.25, 0.3) is 18.3 Å². The topological polar surface area (TPSA) is 169 Å². The molecule has 0 saturated carbocycles. The number of nitrogens with zero attached hydrogens (tertiary/aromatic N) is 1. The Hall–Kier alpha value is -3.77. The summed E-state index contributed by atoms with van der Waals surface area (Å²) in [7, 11) is 0. The number of hydrogen-bond donors (Lipinski definition) is 3. The molecular formula is C25H30N2O10. The minimum absolute atomic E-state index is 0.0228. The largest absolute Gasteiger partial charge is 0.479 e. The van der Waals surface area contributed by atoms with Crippen LogP contribution in [0.25, 0.3) is 0 Å². The Labute approximate surface area is 213 Å². The van der Waals surface area contributed by atoms with Crippen molar-refractivity contribution in [2.24, 2.45) is 0 Å². The summed E-state index contributed by atoms with van der Waals surface area (Å²) in [6.45, 7) is 0.732. The number of imide groups is 1. The quantitative estimate of drug-likeness (QED) is 0.178. The first-order valence-electron chi connectivity index (χ1n) is 12.0. The number of rotatable bonds is 14. The van der Waals surface area contributed by atoms with Crippen LogP contribution in [-0.4, -0.2) is 76.9 Å². The maximum atomic E-state index is 12.0. The molecule has 1 fully saturated rings. The van der Waals surface area contributed by atoms with E-state index in [-0.39, 0.29) is 38.3 Å². The van der Waals surface area contributed by atoms with Gasteiger partial charge in [-0.05, 0) is 37.0 Å². The average molecular weight is 519 g/mol. The van der Waals surface area contributed by atoms with Crippen LogP contribution in [0.15, 0.2) is 30.4 Å². The molecule has 1 aromatic carbocycles. The van der Waals surface area contributed by atoms with Crippen LogP contribution in [0.3, 0.4) is 0 Å². The SMILES string of the molecule is O=COCc1cc(CCCCNC(=O)CCN2C(=O)C=CC2=O)ccc1OC1CC(O)CC(C(=O)O)O1. The summed E-state index contributed by atoms with van der Waals surface area (Å²) >= 11 is 0. The van der Waals surface area contributed by atoms with Crippen molar-refractivity contribution in [2.75, 3.05) is 13.1 Å². The lowest BCUT2D eigenvalue weighted by atomic mass is 10.0. The van der Waals surface area contributed by atoms with Gasteiger partial charge in [0.05, 0.1) is 6.10 Å². The lowest BCUT2D eigenvalue weighted by molar-refractivity contribution is -0.195. The molecule has 0 radical (unpaired) electrons. The number of unbranched alkanes of at least 4 members (excludes halogenated alkanes) is 1. The van der Waals surface area contributed by atoms with E-state index in [1.807, 2.05) is 12.1 Å². The van der Waals surface area contributed by atoms with Crippen LogP contribution in [0, 0.1) is 0 Å². The van der Waals surface area contributed by atoms with Gasteiger partial charge in [-0.3, -0.25) is 24.1 Å². The molecule has 200 valence electrons. The van der Waals surface area contributed by atoms with E-state index >= 15 is 0 Å². The summed E-state index contributed by atoms with van der Waals surface area (Å²) in [6.07, 6.45) is 1.57. The van der Waals surface area contributed by atoms with Crippen molar-refractivity contribution in [3.05, 3.63) is 41.5 Å². The molecule has 0 aliphatic carbocycles. The van der Waals surface area contributed by atoms with E-state index in [4.69, 9.17) is 14.2 Å². The van der Waals surface area contributed by atoms with E-state index in [9.17, 15) is 34.2 Å². The number of benzene rings is 1. The molecule has 37 heavy (non-hydrogen) atoms. The number of ether oxygens (including phenoxy) is 3. The van der Waals surface area contributed by atoms with Crippen molar-refractivity contribution in [1.82, 2.24) is 10.2 Å². The van der Waals surface area contributed by atoms with Crippen LogP contribution in [0.4, 0.5) is 0 Å². The van der Waals surface area contributed by atoms with Gasteiger partial charge in [0, 0.05) is 50.1 Å². The summed E-state index contributed by atoms with van der Waals surface area (Å²) < 4.78 is 16.1. The zero-order valence-corrected chi connectivity index (χ0v) is 20.2. The van der Waals surface area contributed by atoms with E-state index in [0.29, 0.717) is 37.2 Å². The van der Waals surface area contributed by atoms with Gasteiger partial charge in [-0.25, -0.2) is 4.79 Å². The number of carbonyl (C=O) groups is 5. The van der Waals surface area contributed by atoms with E-state index in [2.05, 4.69) is 5.32 Å². The molecule has 3 unspecified atom stereocenters. The molecular weight excluding hydrogens is 488 g/mol. The van der Waals surface area contributed by atoms with E-state index in [0.717, 1.165) is 16.9 Å². The van der Waals surface area contributed by atoms with Gasteiger partial charge in [-0.15, -0.1) is 0 Å². The highest BCUT2D eigenvalue weighted by Gasteiger charge is 2.34. The van der Waals surface area contributed by atoms with Crippen LogP contribution < -0.4 is 10.1 Å². The van der Waals surface area contributed by atoms with Crippen molar-refractivity contribution >= 4 is 30.2 Å². The zero-order chi connectivity index (χ0) is 26.8. The van der Waals surface area contributed by atoms with E-state index in [1.54, 1.807) is 6.07 Å². The van der Waals surface area contributed by atoms with Gasteiger partial charge in [-0.2, -0.15) is 0 Å². The third-order valence-corrected chi connectivity index (χ3v) is 5.91. The molecule has 3 N–H and O–H groups in total. The predicted octanol–water partition coefficient (Wildman–Crippen LogP) is 0.443. The molecule has 12 heteroatoms.